The summed E-state index contributed by atoms with van der Waals surface area (Å²) in [4.78, 5) is 26.2. The second kappa shape index (κ2) is 8.77. The van der Waals surface area contributed by atoms with Crippen molar-refractivity contribution in [3.63, 3.8) is 0 Å². The molecule has 4 N–H and O–H groups in total. The number of carbonyl (C=O) groups excluding carboxylic acids is 1. The number of piperidine rings is 1. The van der Waals surface area contributed by atoms with Gasteiger partial charge in [-0.15, -0.1) is 0 Å². The number of nitrogens with two attached hydrogens (primary N) is 1. The minimum Gasteiger partial charge on any atom is -0.466 e. The van der Waals surface area contributed by atoms with Crippen LogP contribution in [0.5, 0.6) is 0 Å². The number of aryl methyl sites for hydroxylation is 1. The lowest BCUT2D eigenvalue weighted by Gasteiger charge is -2.28. The first-order valence-corrected chi connectivity index (χ1v) is 9.38. The van der Waals surface area contributed by atoms with E-state index in [4.69, 9.17) is 10.5 Å². The highest BCUT2D eigenvalue weighted by atomic mass is 16.5. The average molecular weight is 371 g/mol. The van der Waals surface area contributed by atoms with Crippen molar-refractivity contribution in [2.24, 2.45) is 5.92 Å². The normalized spacial score (nSPS) is 19.5. The number of aromatic nitrogens is 3. The van der Waals surface area contributed by atoms with Crippen molar-refractivity contribution >= 4 is 23.6 Å². The fourth-order valence-corrected chi connectivity index (χ4v) is 3.34. The molecule has 1 fully saturated rings. The number of hydrogen-bond acceptors (Lipinski definition) is 7. The molecule has 8 heteroatoms. The van der Waals surface area contributed by atoms with Crippen LogP contribution in [0.25, 0.3) is 0 Å². The van der Waals surface area contributed by atoms with Gasteiger partial charge in [-0.25, -0.2) is 0 Å². The molecule has 0 amide bonds. The SMILES string of the molecule is CCOC(=O)[C@@H]1CCC[NH+](Cc2nc(N)nc(Nc3ccc(C)cc3)n2)C1. The van der Waals surface area contributed by atoms with E-state index in [9.17, 15) is 4.79 Å². The van der Waals surface area contributed by atoms with Crippen LogP contribution in [0.3, 0.4) is 0 Å². The Bertz CT molecular complexity index is 780. The first kappa shape index (κ1) is 19.0. The lowest BCUT2D eigenvalue weighted by atomic mass is 9.98. The summed E-state index contributed by atoms with van der Waals surface area (Å²) < 4.78 is 5.17. The Morgan fingerprint density at radius 2 is 2.07 bits per heavy atom. The van der Waals surface area contributed by atoms with Crippen molar-refractivity contribution in [3.05, 3.63) is 35.7 Å². The molecule has 1 unspecified atom stereocenters. The molecule has 0 bridgehead atoms. The molecule has 1 aliphatic rings. The van der Waals surface area contributed by atoms with E-state index in [0.717, 1.165) is 31.6 Å². The predicted molar refractivity (Wildman–Crippen MR) is 102 cm³/mol. The Labute approximate surface area is 159 Å². The number of quaternary nitrogens is 1. The molecule has 0 spiro atoms. The van der Waals surface area contributed by atoms with Gasteiger partial charge in [-0.05, 0) is 38.8 Å². The number of hydrogen-bond donors (Lipinski definition) is 3. The van der Waals surface area contributed by atoms with Crippen LogP contribution in [-0.2, 0) is 16.1 Å². The summed E-state index contributed by atoms with van der Waals surface area (Å²) in [7, 11) is 0. The van der Waals surface area contributed by atoms with Crippen LogP contribution in [0.2, 0.25) is 0 Å². The lowest BCUT2D eigenvalue weighted by molar-refractivity contribution is -0.921. The van der Waals surface area contributed by atoms with E-state index in [2.05, 4.69) is 20.3 Å². The average Bonchev–Trinajstić information content (AvgIpc) is 2.63. The van der Waals surface area contributed by atoms with Crippen molar-refractivity contribution in [2.45, 2.75) is 33.2 Å². The van der Waals surface area contributed by atoms with Gasteiger partial charge in [-0.2, -0.15) is 15.0 Å². The number of rotatable bonds is 6. The van der Waals surface area contributed by atoms with Gasteiger partial charge in [0, 0.05) is 5.69 Å². The molecule has 2 aromatic rings. The summed E-state index contributed by atoms with van der Waals surface area (Å²) in [6.07, 6.45) is 1.86. The quantitative estimate of drug-likeness (QED) is 0.647. The molecule has 8 nitrogen and oxygen atoms in total. The highest BCUT2D eigenvalue weighted by Crippen LogP contribution is 2.14. The van der Waals surface area contributed by atoms with Gasteiger partial charge in [0.1, 0.15) is 12.5 Å². The number of esters is 1. The van der Waals surface area contributed by atoms with Crippen LogP contribution >= 0.6 is 0 Å². The van der Waals surface area contributed by atoms with Crippen molar-refractivity contribution in [3.8, 4) is 0 Å². The van der Waals surface area contributed by atoms with Gasteiger partial charge in [0.2, 0.25) is 11.9 Å². The zero-order valence-electron chi connectivity index (χ0n) is 15.9. The van der Waals surface area contributed by atoms with Crippen molar-refractivity contribution in [1.29, 1.82) is 0 Å². The number of nitrogens with zero attached hydrogens (tertiary/aromatic N) is 3. The maximum atomic E-state index is 12.0. The molecule has 3 rings (SSSR count). The van der Waals surface area contributed by atoms with E-state index >= 15 is 0 Å². The topological polar surface area (TPSA) is 107 Å². The third-order valence-corrected chi connectivity index (χ3v) is 4.65. The predicted octanol–water partition coefficient (Wildman–Crippen LogP) is 0.864. The highest BCUT2D eigenvalue weighted by molar-refractivity contribution is 5.72. The first-order chi connectivity index (χ1) is 13.0. The van der Waals surface area contributed by atoms with Crippen LogP contribution in [0.15, 0.2) is 24.3 Å². The number of anilines is 3. The van der Waals surface area contributed by atoms with Crippen molar-refractivity contribution in [2.75, 3.05) is 30.7 Å². The molecule has 144 valence electrons. The van der Waals surface area contributed by atoms with Crippen LogP contribution in [-0.4, -0.2) is 40.6 Å². The Hall–Kier alpha value is -2.74. The van der Waals surface area contributed by atoms with E-state index in [1.165, 1.54) is 10.5 Å². The first-order valence-electron chi connectivity index (χ1n) is 9.38. The van der Waals surface area contributed by atoms with Crippen LogP contribution in [0.4, 0.5) is 17.6 Å². The Morgan fingerprint density at radius 1 is 1.30 bits per heavy atom. The third-order valence-electron chi connectivity index (χ3n) is 4.65. The summed E-state index contributed by atoms with van der Waals surface area (Å²) in [5.41, 5.74) is 7.95. The van der Waals surface area contributed by atoms with Gasteiger partial charge in [0.25, 0.3) is 0 Å². The molecule has 0 saturated carbocycles. The molecule has 27 heavy (non-hydrogen) atoms. The number of carbonyl (C=O) groups is 1. The van der Waals surface area contributed by atoms with E-state index < -0.39 is 0 Å². The van der Waals surface area contributed by atoms with Crippen LogP contribution in [0.1, 0.15) is 31.2 Å². The summed E-state index contributed by atoms with van der Waals surface area (Å²) in [6.45, 7) is 6.59. The van der Waals surface area contributed by atoms with E-state index in [0.29, 0.717) is 24.9 Å². The minimum absolute atomic E-state index is 0.0574. The van der Waals surface area contributed by atoms with Gasteiger partial charge in [-0.1, -0.05) is 17.7 Å². The maximum Gasteiger partial charge on any atom is 0.314 e. The van der Waals surface area contributed by atoms with Crippen molar-refractivity contribution in [1.82, 2.24) is 15.0 Å². The summed E-state index contributed by atoms with van der Waals surface area (Å²) in [5, 5.41) is 3.17. The third kappa shape index (κ3) is 5.37. The molecular formula is C19H27N6O2+. The Morgan fingerprint density at radius 3 is 2.81 bits per heavy atom. The standard InChI is InChI=1S/C19H26N6O2/c1-3-27-17(26)14-5-4-10-25(11-14)12-16-22-18(20)24-19(23-16)21-15-8-6-13(2)7-9-15/h6-9,14H,3-5,10-12H2,1-2H3,(H3,20,21,22,23,24)/p+1/t14-/m1/s1. The molecule has 1 aromatic heterocycles. The summed E-state index contributed by atoms with van der Waals surface area (Å²) in [6, 6.07) is 7.96. The van der Waals surface area contributed by atoms with Gasteiger partial charge >= 0.3 is 5.97 Å². The molecule has 0 aliphatic carbocycles. The Balaban J connectivity index is 1.67. The van der Waals surface area contributed by atoms with Gasteiger partial charge in [0.05, 0.1) is 19.7 Å². The number of nitrogen functional groups attached to an aromatic ring is 1. The van der Waals surface area contributed by atoms with Gasteiger partial charge in [-0.3, -0.25) is 4.79 Å². The van der Waals surface area contributed by atoms with E-state index in [1.807, 2.05) is 38.1 Å². The number of ether oxygens (including phenoxy) is 1. The fraction of sp³-hybridized carbons (Fsp3) is 0.474. The van der Waals surface area contributed by atoms with Crippen LogP contribution in [0, 0.1) is 12.8 Å². The second-order valence-electron chi connectivity index (χ2n) is 6.90. The molecule has 1 aliphatic heterocycles. The molecule has 0 radical (unpaired) electrons. The maximum absolute atomic E-state index is 12.0. The molecule has 1 saturated heterocycles. The van der Waals surface area contributed by atoms with Gasteiger partial charge < -0.3 is 20.7 Å². The van der Waals surface area contributed by atoms with Crippen LogP contribution < -0.4 is 16.0 Å². The number of likely N-dealkylation sites (tertiary alicyclic amines) is 1. The summed E-state index contributed by atoms with van der Waals surface area (Å²) >= 11 is 0. The van der Waals surface area contributed by atoms with Crippen molar-refractivity contribution < 1.29 is 14.4 Å². The Kier molecular flexibility index (Phi) is 6.18. The minimum atomic E-state index is -0.105. The molecule has 2 heterocycles. The monoisotopic (exact) mass is 371 g/mol. The molecular weight excluding hydrogens is 344 g/mol. The lowest BCUT2D eigenvalue weighted by Crippen LogP contribution is -3.12. The number of nitrogens with one attached hydrogen (secondary N) is 2. The smallest absolute Gasteiger partial charge is 0.314 e. The zero-order valence-corrected chi connectivity index (χ0v) is 15.9. The van der Waals surface area contributed by atoms with Gasteiger partial charge in [0.15, 0.2) is 5.82 Å². The zero-order chi connectivity index (χ0) is 19.2. The fourth-order valence-electron chi connectivity index (χ4n) is 3.34. The van der Waals surface area contributed by atoms with E-state index in [1.54, 1.807) is 0 Å². The number of benzene rings is 1. The molecule has 1 aromatic carbocycles. The largest absolute Gasteiger partial charge is 0.466 e. The molecule has 2 atom stereocenters. The highest BCUT2D eigenvalue weighted by Gasteiger charge is 2.30. The van der Waals surface area contributed by atoms with E-state index in [-0.39, 0.29) is 17.8 Å². The second-order valence-corrected chi connectivity index (χ2v) is 6.90. The summed E-state index contributed by atoms with van der Waals surface area (Å²) in [5.74, 6) is 1.08.